The van der Waals surface area contributed by atoms with Crippen molar-refractivity contribution in [1.82, 2.24) is 19.6 Å². The second-order valence-electron chi connectivity index (χ2n) is 5.80. The van der Waals surface area contributed by atoms with E-state index in [9.17, 15) is 4.39 Å². The molecule has 0 amide bonds. The largest absolute Gasteiger partial charge is 0.356 e. The molecule has 0 bridgehead atoms. The molecule has 7 heteroatoms. The van der Waals surface area contributed by atoms with Crippen LogP contribution in [0.5, 0.6) is 0 Å². The molecule has 3 aromatic rings. The van der Waals surface area contributed by atoms with Crippen LogP contribution in [-0.2, 0) is 0 Å². The molecule has 1 aromatic carbocycles. The highest BCUT2D eigenvalue weighted by Crippen LogP contribution is 2.25. The number of benzene rings is 1. The van der Waals surface area contributed by atoms with Crippen LogP contribution in [0.2, 0.25) is 0 Å². The van der Waals surface area contributed by atoms with Crippen molar-refractivity contribution in [2.24, 2.45) is 5.73 Å². The first-order chi connectivity index (χ1) is 11.2. The quantitative estimate of drug-likeness (QED) is 0.782. The smallest absolute Gasteiger partial charge is 0.254 e. The SMILES string of the molecule is NC1CCN(c2cc(-c3ccc(F)cc3)nc3ncnn23)CC1. The fourth-order valence-electron chi connectivity index (χ4n) is 2.92. The highest BCUT2D eigenvalue weighted by Gasteiger charge is 2.20. The van der Waals surface area contributed by atoms with Gasteiger partial charge in [-0.25, -0.2) is 9.37 Å². The molecule has 1 fully saturated rings. The van der Waals surface area contributed by atoms with Gasteiger partial charge in [-0.2, -0.15) is 14.6 Å². The molecule has 0 aliphatic carbocycles. The van der Waals surface area contributed by atoms with E-state index in [4.69, 9.17) is 5.73 Å². The zero-order valence-corrected chi connectivity index (χ0v) is 12.6. The summed E-state index contributed by atoms with van der Waals surface area (Å²) >= 11 is 0. The van der Waals surface area contributed by atoms with Gasteiger partial charge in [0.05, 0.1) is 5.69 Å². The topological polar surface area (TPSA) is 72.3 Å². The molecule has 4 rings (SSSR count). The standard InChI is InChI=1S/C16H17FN6/c17-12-3-1-11(2-4-12)14-9-15(22-7-5-13(18)6-8-22)23-16(21-14)19-10-20-23/h1-4,9-10,13H,5-8,18H2. The number of anilines is 1. The van der Waals surface area contributed by atoms with Crippen LogP contribution in [-0.4, -0.2) is 38.7 Å². The molecule has 118 valence electrons. The molecule has 1 aliphatic rings. The Balaban J connectivity index is 1.79. The lowest BCUT2D eigenvalue weighted by Crippen LogP contribution is -2.40. The summed E-state index contributed by atoms with van der Waals surface area (Å²) in [5.74, 6) is 1.22. The van der Waals surface area contributed by atoms with Gasteiger partial charge in [-0.05, 0) is 37.1 Å². The van der Waals surface area contributed by atoms with Gasteiger partial charge in [0, 0.05) is 30.8 Å². The van der Waals surface area contributed by atoms with Gasteiger partial charge in [-0.1, -0.05) is 0 Å². The molecule has 3 heterocycles. The third-order valence-corrected chi connectivity index (χ3v) is 4.24. The first kappa shape index (κ1) is 14.1. The lowest BCUT2D eigenvalue weighted by Gasteiger charge is -2.31. The van der Waals surface area contributed by atoms with E-state index in [0.717, 1.165) is 43.0 Å². The number of hydrogen-bond donors (Lipinski definition) is 1. The second kappa shape index (κ2) is 5.58. The van der Waals surface area contributed by atoms with Crippen LogP contribution in [0.25, 0.3) is 17.0 Å². The zero-order valence-electron chi connectivity index (χ0n) is 12.6. The predicted molar refractivity (Wildman–Crippen MR) is 85.6 cm³/mol. The second-order valence-corrected chi connectivity index (χ2v) is 5.80. The lowest BCUT2D eigenvalue weighted by atomic mass is 10.1. The van der Waals surface area contributed by atoms with Crippen molar-refractivity contribution in [3.05, 3.63) is 42.5 Å². The highest BCUT2D eigenvalue weighted by atomic mass is 19.1. The first-order valence-electron chi connectivity index (χ1n) is 7.68. The Morgan fingerprint density at radius 1 is 1.13 bits per heavy atom. The van der Waals surface area contributed by atoms with Crippen molar-refractivity contribution in [1.29, 1.82) is 0 Å². The van der Waals surface area contributed by atoms with Gasteiger partial charge >= 0.3 is 0 Å². The fourth-order valence-corrected chi connectivity index (χ4v) is 2.92. The van der Waals surface area contributed by atoms with Gasteiger partial charge in [0.15, 0.2) is 0 Å². The van der Waals surface area contributed by atoms with E-state index in [1.807, 2.05) is 6.07 Å². The summed E-state index contributed by atoms with van der Waals surface area (Å²) in [7, 11) is 0. The van der Waals surface area contributed by atoms with E-state index in [-0.39, 0.29) is 11.9 Å². The van der Waals surface area contributed by atoms with Gasteiger partial charge in [-0.15, -0.1) is 0 Å². The average molecular weight is 312 g/mol. The molecule has 1 aliphatic heterocycles. The van der Waals surface area contributed by atoms with Crippen LogP contribution in [0.1, 0.15) is 12.8 Å². The van der Waals surface area contributed by atoms with Crippen LogP contribution in [0.4, 0.5) is 10.2 Å². The van der Waals surface area contributed by atoms with Crippen molar-refractivity contribution in [3.8, 4) is 11.3 Å². The minimum Gasteiger partial charge on any atom is -0.356 e. The molecule has 1 saturated heterocycles. The molecule has 6 nitrogen and oxygen atoms in total. The molecule has 0 radical (unpaired) electrons. The molecular weight excluding hydrogens is 295 g/mol. The molecule has 23 heavy (non-hydrogen) atoms. The number of hydrogen-bond acceptors (Lipinski definition) is 5. The third kappa shape index (κ3) is 2.63. The summed E-state index contributed by atoms with van der Waals surface area (Å²) in [6, 6.07) is 8.55. The Morgan fingerprint density at radius 2 is 1.87 bits per heavy atom. The Bertz CT molecular complexity index is 820. The van der Waals surface area contributed by atoms with Crippen molar-refractivity contribution in [2.45, 2.75) is 18.9 Å². The van der Waals surface area contributed by atoms with E-state index < -0.39 is 0 Å². The first-order valence-corrected chi connectivity index (χ1v) is 7.68. The van der Waals surface area contributed by atoms with Crippen molar-refractivity contribution >= 4 is 11.6 Å². The van der Waals surface area contributed by atoms with Crippen LogP contribution >= 0.6 is 0 Å². The van der Waals surface area contributed by atoms with Gasteiger partial charge in [-0.3, -0.25) is 0 Å². The summed E-state index contributed by atoms with van der Waals surface area (Å²) in [6.45, 7) is 1.76. The van der Waals surface area contributed by atoms with E-state index in [1.54, 1.807) is 16.6 Å². The van der Waals surface area contributed by atoms with Crippen LogP contribution in [0.15, 0.2) is 36.7 Å². The molecule has 2 N–H and O–H groups in total. The Kier molecular flexibility index (Phi) is 3.42. The number of piperidine rings is 1. The maximum absolute atomic E-state index is 13.1. The number of nitrogens with two attached hydrogens (primary N) is 1. The van der Waals surface area contributed by atoms with Gasteiger partial charge in [0.25, 0.3) is 5.78 Å². The van der Waals surface area contributed by atoms with Crippen molar-refractivity contribution in [3.63, 3.8) is 0 Å². The van der Waals surface area contributed by atoms with Crippen molar-refractivity contribution in [2.75, 3.05) is 18.0 Å². The zero-order chi connectivity index (χ0) is 15.8. The fraction of sp³-hybridized carbons (Fsp3) is 0.312. The van der Waals surface area contributed by atoms with Crippen molar-refractivity contribution < 1.29 is 4.39 Å². The summed E-state index contributed by atoms with van der Waals surface area (Å²) in [6.07, 6.45) is 3.39. The number of halogens is 1. The van der Waals surface area contributed by atoms with Crippen LogP contribution in [0.3, 0.4) is 0 Å². The monoisotopic (exact) mass is 312 g/mol. The number of nitrogens with zero attached hydrogens (tertiary/aromatic N) is 5. The molecule has 0 spiro atoms. The molecule has 0 saturated carbocycles. The number of aromatic nitrogens is 4. The van der Waals surface area contributed by atoms with E-state index in [2.05, 4.69) is 20.0 Å². The minimum absolute atomic E-state index is 0.260. The van der Waals surface area contributed by atoms with E-state index in [0.29, 0.717) is 5.78 Å². The Hall–Kier alpha value is -2.54. The molecule has 0 unspecified atom stereocenters. The van der Waals surface area contributed by atoms with Gasteiger partial charge in [0.2, 0.25) is 0 Å². The Labute approximate surface area is 132 Å². The summed E-state index contributed by atoms with van der Waals surface area (Å²) in [5, 5.41) is 4.27. The Morgan fingerprint density at radius 3 is 2.61 bits per heavy atom. The maximum Gasteiger partial charge on any atom is 0.254 e. The minimum atomic E-state index is -0.262. The average Bonchev–Trinajstić information content (AvgIpc) is 3.04. The number of rotatable bonds is 2. The number of fused-ring (bicyclic) bond motifs is 1. The van der Waals surface area contributed by atoms with E-state index >= 15 is 0 Å². The summed E-state index contributed by atoms with van der Waals surface area (Å²) < 4.78 is 14.9. The molecule has 2 aromatic heterocycles. The highest BCUT2D eigenvalue weighted by molar-refractivity contribution is 5.65. The predicted octanol–water partition coefficient (Wildman–Crippen LogP) is 1.86. The molecular formula is C16H17FN6. The lowest BCUT2D eigenvalue weighted by molar-refractivity contribution is 0.496. The summed E-state index contributed by atoms with van der Waals surface area (Å²) in [4.78, 5) is 11.0. The van der Waals surface area contributed by atoms with Crippen LogP contribution < -0.4 is 10.6 Å². The van der Waals surface area contributed by atoms with Gasteiger partial charge in [0.1, 0.15) is 18.0 Å². The molecule has 0 atom stereocenters. The normalized spacial score (nSPS) is 16.2. The van der Waals surface area contributed by atoms with Crippen LogP contribution in [0, 0.1) is 5.82 Å². The van der Waals surface area contributed by atoms with Gasteiger partial charge < -0.3 is 10.6 Å². The summed E-state index contributed by atoms with van der Waals surface area (Å²) in [5.41, 5.74) is 7.61. The maximum atomic E-state index is 13.1. The third-order valence-electron chi connectivity index (χ3n) is 4.24. The van der Waals surface area contributed by atoms with E-state index in [1.165, 1.54) is 18.5 Å².